The van der Waals surface area contributed by atoms with E-state index in [1.165, 1.54) is 29.4 Å². The third-order valence-corrected chi connectivity index (χ3v) is 9.11. The maximum Gasteiger partial charge on any atom is 0.293 e. The van der Waals surface area contributed by atoms with Crippen molar-refractivity contribution >= 4 is 26.8 Å². The van der Waals surface area contributed by atoms with Gasteiger partial charge in [0, 0.05) is 31.3 Å². The second-order valence-electron chi connectivity index (χ2n) is 10.4. The molecule has 0 spiro atoms. The molecule has 0 radical (unpaired) electrons. The molecule has 2 aromatic heterocycles. The molecule has 3 aromatic rings. The van der Waals surface area contributed by atoms with Crippen molar-refractivity contribution < 1.29 is 22.8 Å². The molecule has 10 heteroatoms. The van der Waals surface area contributed by atoms with Gasteiger partial charge in [0.1, 0.15) is 6.04 Å². The third kappa shape index (κ3) is 5.14. The van der Waals surface area contributed by atoms with E-state index < -0.39 is 39.7 Å². The van der Waals surface area contributed by atoms with Crippen LogP contribution in [0.4, 0.5) is 0 Å². The van der Waals surface area contributed by atoms with Gasteiger partial charge in [-0.15, -0.1) is 0 Å². The zero-order valence-corrected chi connectivity index (χ0v) is 22.6. The number of aromatic nitrogens is 2. The highest BCUT2D eigenvalue weighted by molar-refractivity contribution is 8.04. The number of benzene rings is 1. The van der Waals surface area contributed by atoms with Crippen LogP contribution in [0, 0.1) is 5.92 Å². The molecule has 3 atom stereocenters. The number of hydrogen-bond acceptors (Lipinski definition) is 7. The highest BCUT2D eigenvalue weighted by Crippen LogP contribution is 2.37. The number of fused-ring (bicyclic) bond motifs is 1. The van der Waals surface area contributed by atoms with Gasteiger partial charge >= 0.3 is 0 Å². The minimum absolute atomic E-state index is 0.0650. The van der Waals surface area contributed by atoms with E-state index >= 15 is 0 Å². The number of pyridine rings is 2. The molecule has 5 rings (SSSR count). The number of amides is 1. The first-order chi connectivity index (χ1) is 18.7. The van der Waals surface area contributed by atoms with Crippen molar-refractivity contribution in [1.82, 2.24) is 19.2 Å². The van der Waals surface area contributed by atoms with E-state index in [1.54, 1.807) is 12.4 Å². The van der Waals surface area contributed by atoms with Crippen molar-refractivity contribution in [2.45, 2.75) is 44.7 Å². The van der Waals surface area contributed by atoms with Crippen molar-refractivity contribution in [2.75, 3.05) is 13.1 Å². The van der Waals surface area contributed by atoms with E-state index in [0.29, 0.717) is 6.42 Å². The lowest BCUT2D eigenvalue weighted by molar-refractivity contribution is -0.138. The van der Waals surface area contributed by atoms with Gasteiger partial charge in [0.05, 0.1) is 24.1 Å². The highest BCUT2D eigenvalue weighted by atomic mass is 32.2. The van der Waals surface area contributed by atoms with Crippen molar-refractivity contribution in [3.8, 4) is 11.1 Å². The first kappa shape index (κ1) is 26.8. The van der Waals surface area contributed by atoms with Crippen LogP contribution in [0.15, 0.2) is 73.3 Å². The summed E-state index contributed by atoms with van der Waals surface area (Å²) >= 11 is 0. The lowest BCUT2D eigenvalue weighted by Gasteiger charge is -2.29. The summed E-state index contributed by atoms with van der Waals surface area (Å²) in [6.07, 6.45) is 6.96. The molecule has 39 heavy (non-hydrogen) atoms. The Labute approximate surface area is 227 Å². The van der Waals surface area contributed by atoms with E-state index in [2.05, 4.69) is 9.97 Å². The third-order valence-electron chi connectivity index (χ3n) is 7.39. The van der Waals surface area contributed by atoms with Crippen LogP contribution in [0.25, 0.3) is 11.1 Å². The van der Waals surface area contributed by atoms with Crippen LogP contribution in [0.2, 0.25) is 0 Å². The molecule has 2 fully saturated rings. The summed E-state index contributed by atoms with van der Waals surface area (Å²) in [5, 5.41) is -1.10. The van der Waals surface area contributed by atoms with Gasteiger partial charge in [-0.1, -0.05) is 44.2 Å². The van der Waals surface area contributed by atoms with Crippen LogP contribution >= 0.6 is 0 Å². The van der Waals surface area contributed by atoms with Crippen LogP contribution < -0.4 is 0 Å². The molecule has 1 amide bonds. The van der Waals surface area contributed by atoms with E-state index in [4.69, 9.17) is 0 Å². The van der Waals surface area contributed by atoms with Crippen molar-refractivity contribution in [1.29, 1.82) is 0 Å². The lowest BCUT2D eigenvalue weighted by atomic mass is 9.87. The molecular weight excluding hydrogens is 516 g/mol. The van der Waals surface area contributed by atoms with Gasteiger partial charge in [0.2, 0.25) is 5.91 Å². The summed E-state index contributed by atoms with van der Waals surface area (Å²) in [6, 6.07) is 12.8. The van der Waals surface area contributed by atoms with Gasteiger partial charge in [-0.2, -0.15) is 4.31 Å². The summed E-state index contributed by atoms with van der Waals surface area (Å²) < 4.78 is 27.5. The fourth-order valence-electron chi connectivity index (χ4n) is 5.60. The van der Waals surface area contributed by atoms with Crippen LogP contribution in [-0.4, -0.2) is 69.6 Å². The maximum atomic E-state index is 14.0. The van der Waals surface area contributed by atoms with Crippen LogP contribution in [-0.2, 0) is 19.6 Å². The number of hydrogen-bond donors (Lipinski definition) is 0. The number of ketones is 1. The fraction of sp³-hybridized carbons (Fsp3) is 0.345. The van der Waals surface area contributed by atoms with Crippen LogP contribution in [0.5, 0.6) is 0 Å². The van der Waals surface area contributed by atoms with E-state index in [0.717, 1.165) is 21.0 Å². The number of likely N-dealkylation sites (tertiary alicyclic amines) is 1. The Kier molecular flexibility index (Phi) is 7.42. The van der Waals surface area contributed by atoms with Gasteiger partial charge in [-0.05, 0) is 53.6 Å². The molecule has 2 saturated heterocycles. The Morgan fingerprint density at radius 1 is 1.00 bits per heavy atom. The van der Waals surface area contributed by atoms with Gasteiger partial charge in [-0.3, -0.25) is 24.4 Å². The predicted molar refractivity (Wildman–Crippen MR) is 145 cm³/mol. The van der Waals surface area contributed by atoms with E-state index in [-0.39, 0.29) is 36.1 Å². The predicted octanol–water partition coefficient (Wildman–Crippen LogP) is 3.30. The molecular formula is C29H30N4O5S. The average Bonchev–Trinajstić information content (AvgIpc) is 3.53. The minimum Gasteiger partial charge on any atom is -0.330 e. The second kappa shape index (κ2) is 10.8. The number of sulfonamides is 1. The normalized spacial score (nSPS) is 20.3. The monoisotopic (exact) mass is 546 g/mol. The van der Waals surface area contributed by atoms with Crippen molar-refractivity contribution in [3.05, 3.63) is 84.4 Å². The average molecular weight is 547 g/mol. The standard InChI is InChI=1S/C29H30N4O5S/c1-19(2)14-24(21-7-3-6-20(15-21)22-8-4-11-30-16-22)28(35)32-13-10-25-27(32)26(34)18-33(25)39(37,38)29(36)23-9-5-12-31-17-23/h3-9,11-12,15-17,19,24-25,27H,10,13-14,18H2,1-2H3. The van der Waals surface area contributed by atoms with Crippen LogP contribution in [0.1, 0.15) is 48.5 Å². The Morgan fingerprint density at radius 3 is 2.38 bits per heavy atom. The van der Waals surface area contributed by atoms with Crippen LogP contribution in [0.3, 0.4) is 0 Å². The van der Waals surface area contributed by atoms with Gasteiger partial charge < -0.3 is 4.90 Å². The molecule has 3 unspecified atom stereocenters. The minimum atomic E-state index is -4.47. The number of Topliss-reactive ketones (excluding diaryl/α,β-unsaturated/α-hetero) is 1. The summed E-state index contributed by atoms with van der Waals surface area (Å²) in [5.41, 5.74) is 2.64. The fourth-order valence-corrected chi connectivity index (χ4v) is 7.11. The lowest BCUT2D eigenvalue weighted by Crippen LogP contribution is -2.46. The number of carbonyl (C=O) groups excluding carboxylic acids is 3. The molecule has 2 aliphatic heterocycles. The van der Waals surface area contributed by atoms with Gasteiger partial charge in [-0.25, -0.2) is 8.42 Å². The smallest absolute Gasteiger partial charge is 0.293 e. The topological polar surface area (TPSA) is 118 Å². The largest absolute Gasteiger partial charge is 0.330 e. The molecule has 9 nitrogen and oxygen atoms in total. The quantitative estimate of drug-likeness (QED) is 0.446. The molecule has 0 bridgehead atoms. The number of nitrogens with zero attached hydrogens (tertiary/aromatic N) is 4. The Balaban J connectivity index is 1.42. The van der Waals surface area contributed by atoms with E-state index in [1.807, 2.05) is 50.2 Å². The molecule has 0 N–H and O–H groups in total. The molecule has 2 aliphatic rings. The van der Waals surface area contributed by atoms with E-state index in [9.17, 15) is 22.8 Å². The van der Waals surface area contributed by atoms with Crippen molar-refractivity contribution in [3.63, 3.8) is 0 Å². The highest BCUT2D eigenvalue weighted by Gasteiger charge is 2.55. The molecule has 0 aliphatic carbocycles. The maximum absolute atomic E-state index is 14.0. The van der Waals surface area contributed by atoms with Gasteiger partial charge in [0.15, 0.2) is 5.78 Å². The number of carbonyl (C=O) groups is 3. The zero-order chi connectivity index (χ0) is 27.7. The summed E-state index contributed by atoms with van der Waals surface area (Å²) in [6.45, 7) is 3.89. The molecule has 202 valence electrons. The summed E-state index contributed by atoms with van der Waals surface area (Å²) in [4.78, 5) is 49.6. The SMILES string of the molecule is CC(C)CC(C(=O)N1CCC2C1C(=O)CN2S(=O)(=O)C(=O)c1cccnc1)c1cccc(-c2cccnc2)c1. The summed E-state index contributed by atoms with van der Waals surface area (Å²) in [7, 11) is -4.47. The Hall–Kier alpha value is -3.76. The molecule has 0 saturated carbocycles. The van der Waals surface area contributed by atoms with Gasteiger partial charge in [0.25, 0.3) is 15.1 Å². The second-order valence-corrected chi connectivity index (χ2v) is 12.2. The Morgan fingerprint density at radius 2 is 1.72 bits per heavy atom. The Bertz CT molecular complexity index is 1490. The first-order valence-electron chi connectivity index (χ1n) is 13.0. The van der Waals surface area contributed by atoms with Crippen molar-refractivity contribution in [2.24, 2.45) is 5.92 Å². The molecule has 4 heterocycles. The number of rotatable bonds is 7. The molecule has 1 aromatic carbocycles. The zero-order valence-electron chi connectivity index (χ0n) is 21.8. The first-order valence-corrected chi connectivity index (χ1v) is 14.4. The summed E-state index contributed by atoms with van der Waals surface area (Å²) in [5.74, 6) is -0.880.